The molecule has 1 aromatic heterocycles. The van der Waals surface area contributed by atoms with Crippen LogP contribution in [0.2, 0.25) is 0 Å². The summed E-state index contributed by atoms with van der Waals surface area (Å²) in [6, 6.07) is 14.3. The molecule has 1 aliphatic heterocycles. The van der Waals surface area contributed by atoms with Crippen molar-refractivity contribution in [1.82, 2.24) is 15.3 Å². The van der Waals surface area contributed by atoms with Crippen molar-refractivity contribution in [3.8, 4) is 11.4 Å². The predicted molar refractivity (Wildman–Crippen MR) is 99.2 cm³/mol. The van der Waals surface area contributed by atoms with Crippen molar-refractivity contribution < 1.29 is 9.59 Å². The van der Waals surface area contributed by atoms with Gasteiger partial charge in [-0.15, -0.1) is 0 Å². The van der Waals surface area contributed by atoms with E-state index in [9.17, 15) is 9.59 Å². The number of aromatic amines is 1. The molecule has 0 bridgehead atoms. The predicted octanol–water partition coefficient (Wildman–Crippen LogP) is 2.86. The summed E-state index contributed by atoms with van der Waals surface area (Å²) in [6.07, 6.45) is 3.44. The number of amides is 3. The van der Waals surface area contributed by atoms with E-state index in [2.05, 4.69) is 20.6 Å². The third-order valence-electron chi connectivity index (χ3n) is 4.19. The zero-order valence-electron chi connectivity index (χ0n) is 13.9. The average Bonchev–Trinajstić information content (AvgIpc) is 3.34. The quantitative estimate of drug-likeness (QED) is 0.678. The van der Waals surface area contributed by atoms with Crippen LogP contribution in [0.3, 0.4) is 0 Å². The minimum Gasteiger partial charge on any atom is -0.345 e. The minimum atomic E-state index is -0.209. The van der Waals surface area contributed by atoms with Gasteiger partial charge in [0, 0.05) is 48.0 Å². The minimum absolute atomic E-state index is 0.114. The van der Waals surface area contributed by atoms with E-state index in [-0.39, 0.29) is 11.9 Å². The lowest BCUT2D eigenvalue weighted by molar-refractivity contribution is 0.102. The van der Waals surface area contributed by atoms with Gasteiger partial charge in [0.05, 0.1) is 0 Å². The zero-order chi connectivity index (χ0) is 17.9. The Morgan fingerprint density at radius 1 is 1.15 bits per heavy atom. The van der Waals surface area contributed by atoms with E-state index in [1.54, 1.807) is 41.6 Å². The van der Waals surface area contributed by atoms with Crippen LogP contribution in [0.1, 0.15) is 10.4 Å². The van der Waals surface area contributed by atoms with Crippen molar-refractivity contribution in [2.24, 2.45) is 0 Å². The summed E-state index contributed by atoms with van der Waals surface area (Å²) in [5, 5.41) is 5.64. The highest BCUT2D eigenvalue weighted by Crippen LogP contribution is 2.21. The lowest BCUT2D eigenvalue weighted by Crippen LogP contribution is -2.27. The van der Waals surface area contributed by atoms with Crippen LogP contribution in [0.5, 0.6) is 0 Å². The molecule has 3 amide bonds. The Hall–Kier alpha value is -3.61. The van der Waals surface area contributed by atoms with Crippen LogP contribution in [-0.2, 0) is 0 Å². The SMILES string of the molecule is O=C(Nc1cccc(-c2ncc[nH]2)c1)c1ccc(N2CCNC2=O)cc1. The summed E-state index contributed by atoms with van der Waals surface area (Å²) in [7, 11) is 0. The number of anilines is 2. The lowest BCUT2D eigenvalue weighted by atomic mass is 10.1. The van der Waals surface area contributed by atoms with Crippen LogP contribution in [-0.4, -0.2) is 35.0 Å². The first-order chi connectivity index (χ1) is 12.7. The number of carbonyl (C=O) groups excluding carboxylic acids is 2. The molecule has 3 N–H and O–H groups in total. The van der Waals surface area contributed by atoms with Crippen molar-refractivity contribution in [2.45, 2.75) is 0 Å². The molecule has 0 unspecified atom stereocenters. The maximum atomic E-state index is 12.5. The topological polar surface area (TPSA) is 90.1 Å². The summed E-state index contributed by atoms with van der Waals surface area (Å²) in [5.41, 5.74) is 2.88. The van der Waals surface area contributed by atoms with Crippen molar-refractivity contribution in [3.63, 3.8) is 0 Å². The number of urea groups is 1. The molecular formula is C19H17N5O2. The van der Waals surface area contributed by atoms with Crippen LogP contribution < -0.4 is 15.5 Å². The van der Waals surface area contributed by atoms with Gasteiger partial charge < -0.3 is 15.6 Å². The van der Waals surface area contributed by atoms with Gasteiger partial charge in [0.1, 0.15) is 5.82 Å². The summed E-state index contributed by atoms with van der Waals surface area (Å²) in [5.74, 6) is 0.536. The summed E-state index contributed by atoms with van der Waals surface area (Å²) in [6.45, 7) is 1.26. The Morgan fingerprint density at radius 3 is 2.69 bits per heavy atom. The van der Waals surface area contributed by atoms with Crippen LogP contribution in [0.4, 0.5) is 16.2 Å². The molecule has 1 aliphatic rings. The number of rotatable bonds is 4. The van der Waals surface area contributed by atoms with E-state index in [4.69, 9.17) is 0 Å². The zero-order valence-corrected chi connectivity index (χ0v) is 13.9. The first-order valence-electron chi connectivity index (χ1n) is 8.27. The van der Waals surface area contributed by atoms with Crippen LogP contribution in [0.25, 0.3) is 11.4 Å². The maximum absolute atomic E-state index is 12.5. The van der Waals surface area contributed by atoms with Crippen LogP contribution in [0, 0.1) is 0 Å². The molecule has 2 heterocycles. The van der Waals surface area contributed by atoms with Crippen molar-refractivity contribution in [1.29, 1.82) is 0 Å². The molecule has 0 aliphatic carbocycles. The van der Waals surface area contributed by atoms with Gasteiger partial charge in [-0.25, -0.2) is 9.78 Å². The molecule has 1 fully saturated rings. The van der Waals surface area contributed by atoms with Crippen molar-refractivity contribution in [3.05, 3.63) is 66.5 Å². The molecule has 0 radical (unpaired) electrons. The third-order valence-corrected chi connectivity index (χ3v) is 4.19. The molecule has 7 nitrogen and oxygen atoms in total. The number of nitrogens with zero attached hydrogens (tertiary/aromatic N) is 2. The normalized spacial score (nSPS) is 13.5. The molecule has 0 atom stereocenters. The number of H-pyrrole nitrogens is 1. The number of aromatic nitrogens is 2. The number of hydrogen-bond acceptors (Lipinski definition) is 3. The largest absolute Gasteiger partial charge is 0.345 e. The van der Waals surface area contributed by atoms with E-state index in [0.717, 1.165) is 17.1 Å². The number of hydrogen-bond donors (Lipinski definition) is 3. The third kappa shape index (κ3) is 3.14. The molecule has 3 aromatic rings. The van der Waals surface area contributed by atoms with Crippen molar-refractivity contribution in [2.75, 3.05) is 23.3 Å². The van der Waals surface area contributed by atoms with Gasteiger partial charge in [0.25, 0.3) is 5.91 Å². The van der Waals surface area contributed by atoms with E-state index in [0.29, 0.717) is 24.3 Å². The monoisotopic (exact) mass is 347 g/mol. The molecule has 0 saturated carbocycles. The van der Waals surface area contributed by atoms with Gasteiger partial charge in [-0.1, -0.05) is 12.1 Å². The van der Waals surface area contributed by atoms with Gasteiger partial charge in [-0.2, -0.15) is 0 Å². The Morgan fingerprint density at radius 2 is 2.00 bits per heavy atom. The molecule has 4 rings (SSSR count). The highest BCUT2D eigenvalue weighted by molar-refractivity contribution is 6.05. The lowest BCUT2D eigenvalue weighted by Gasteiger charge is -2.14. The molecular weight excluding hydrogens is 330 g/mol. The second-order valence-electron chi connectivity index (χ2n) is 5.90. The highest BCUT2D eigenvalue weighted by atomic mass is 16.2. The van der Waals surface area contributed by atoms with Gasteiger partial charge in [0.2, 0.25) is 0 Å². The van der Waals surface area contributed by atoms with E-state index >= 15 is 0 Å². The first-order valence-corrected chi connectivity index (χ1v) is 8.27. The van der Waals surface area contributed by atoms with E-state index in [1.165, 1.54) is 0 Å². The Kier molecular flexibility index (Phi) is 4.10. The standard InChI is InChI=1S/C19H17N5O2/c25-18(13-4-6-16(7-5-13)24-11-10-22-19(24)26)23-15-3-1-2-14(12-15)17-20-8-9-21-17/h1-9,12H,10-11H2,(H,20,21)(H,22,26)(H,23,25). The highest BCUT2D eigenvalue weighted by Gasteiger charge is 2.21. The fourth-order valence-electron chi connectivity index (χ4n) is 2.88. The molecule has 26 heavy (non-hydrogen) atoms. The number of carbonyl (C=O) groups is 2. The van der Waals surface area contributed by atoms with E-state index in [1.807, 2.05) is 24.3 Å². The van der Waals surface area contributed by atoms with E-state index < -0.39 is 0 Å². The molecule has 7 heteroatoms. The molecule has 0 spiro atoms. The number of benzene rings is 2. The number of imidazole rings is 1. The fraction of sp³-hybridized carbons (Fsp3) is 0.105. The van der Waals surface area contributed by atoms with Crippen LogP contribution in [0.15, 0.2) is 60.9 Å². The fourth-order valence-corrected chi connectivity index (χ4v) is 2.88. The Labute approximate surface area is 150 Å². The second kappa shape index (κ2) is 6.72. The Balaban J connectivity index is 1.48. The van der Waals surface area contributed by atoms with Gasteiger partial charge in [-0.3, -0.25) is 9.69 Å². The molecule has 1 saturated heterocycles. The first kappa shape index (κ1) is 15.9. The van der Waals surface area contributed by atoms with Crippen LogP contribution >= 0.6 is 0 Å². The van der Waals surface area contributed by atoms with Gasteiger partial charge in [-0.05, 0) is 36.4 Å². The van der Waals surface area contributed by atoms with Gasteiger partial charge >= 0.3 is 6.03 Å². The summed E-state index contributed by atoms with van der Waals surface area (Å²) >= 11 is 0. The molecule has 2 aromatic carbocycles. The van der Waals surface area contributed by atoms with Crippen molar-refractivity contribution >= 4 is 23.3 Å². The summed E-state index contributed by atoms with van der Waals surface area (Å²) in [4.78, 5) is 33.1. The Bertz CT molecular complexity index is 935. The van der Waals surface area contributed by atoms with Gasteiger partial charge in [0.15, 0.2) is 0 Å². The smallest absolute Gasteiger partial charge is 0.321 e. The molecule has 130 valence electrons. The summed E-state index contributed by atoms with van der Waals surface area (Å²) < 4.78 is 0. The average molecular weight is 347 g/mol. The second-order valence-corrected chi connectivity index (χ2v) is 5.90. The number of nitrogens with one attached hydrogen (secondary N) is 3. The maximum Gasteiger partial charge on any atom is 0.321 e.